The maximum atomic E-state index is 12.1. The van der Waals surface area contributed by atoms with Gasteiger partial charge in [-0.15, -0.1) is 0 Å². The second-order valence-corrected chi connectivity index (χ2v) is 5.80. The third-order valence-electron chi connectivity index (χ3n) is 4.32. The van der Waals surface area contributed by atoms with Crippen LogP contribution in [0, 0.1) is 29.6 Å². The Morgan fingerprint density at radius 2 is 2.10 bits per heavy atom. The zero-order valence-electron chi connectivity index (χ0n) is 11.4. The summed E-state index contributed by atoms with van der Waals surface area (Å²) >= 11 is 0. The number of amides is 1. The first-order valence-electron chi connectivity index (χ1n) is 7.22. The molecule has 0 spiro atoms. The van der Waals surface area contributed by atoms with Gasteiger partial charge in [0.1, 0.15) is 6.61 Å². The molecule has 3 heteroatoms. The fourth-order valence-electron chi connectivity index (χ4n) is 3.16. The molecular formula is C17H19NO2. The number of hydrogen-bond acceptors (Lipinski definition) is 2. The molecule has 0 aliphatic heterocycles. The highest BCUT2D eigenvalue weighted by Gasteiger charge is 2.47. The van der Waals surface area contributed by atoms with Crippen LogP contribution in [-0.4, -0.2) is 17.6 Å². The Morgan fingerprint density at radius 3 is 2.85 bits per heavy atom. The van der Waals surface area contributed by atoms with E-state index in [0.29, 0.717) is 6.54 Å². The number of nitrogens with one attached hydrogen (secondary N) is 1. The van der Waals surface area contributed by atoms with E-state index in [9.17, 15) is 4.79 Å². The molecule has 2 atom stereocenters. The molecule has 0 saturated heterocycles. The highest BCUT2D eigenvalue weighted by atomic mass is 16.2. The summed E-state index contributed by atoms with van der Waals surface area (Å²) in [6, 6.07) is 7.76. The molecule has 0 heterocycles. The molecule has 1 aromatic carbocycles. The zero-order valence-corrected chi connectivity index (χ0v) is 11.4. The van der Waals surface area contributed by atoms with Crippen molar-refractivity contribution in [3.8, 4) is 11.8 Å². The first-order chi connectivity index (χ1) is 9.76. The fraction of sp³-hybridized carbons (Fsp3) is 0.471. The van der Waals surface area contributed by atoms with E-state index in [1.165, 1.54) is 6.42 Å². The van der Waals surface area contributed by atoms with Crippen LogP contribution in [0.5, 0.6) is 0 Å². The van der Waals surface area contributed by atoms with E-state index in [2.05, 4.69) is 17.2 Å². The van der Waals surface area contributed by atoms with Gasteiger partial charge in [-0.2, -0.15) is 0 Å². The summed E-state index contributed by atoms with van der Waals surface area (Å²) in [7, 11) is 0. The number of carbonyl (C=O) groups is 1. The van der Waals surface area contributed by atoms with Gasteiger partial charge < -0.3 is 10.4 Å². The van der Waals surface area contributed by atoms with E-state index >= 15 is 0 Å². The van der Waals surface area contributed by atoms with E-state index in [1.54, 1.807) is 0 Å². The Kier molecular flexibility index (Phi) is 3.75. The van der Waals surface area contributed by atoms with Gasteiger partial charge in [-0.3, -0.25) is 4.79 Å². The monoisotopic (exact) mass is 269 g/mol. The molecule has 2 unspecified atom stereocenters. The molecule has 3 rings (SSSR count). The average molecular weight is 269 g/mol. The van der Waals surface area contributed by atoms with Gasteiger partial charge in [0.05, 0.1) is 0 Å². The van der Waals surface area contributed by atoms with Crippen molar-refractivity contribution >= 4 is 5.91 Å². The number of benzene rings is 1. The highest BCUT2D eigenvalue weighted by molar-refractivity contribution is 5.79. The Bertz CT molecular complexity index is 560. The Hall–Kier alpha value is -1.79. The van der Waals surface area contributed by atoms with E-state index in [0.717, 1.165) is 35.8 Å². The van der Waals surface area contributed by atoms with Crippen LogP contribution in [0.15, 0.2) is 24.3 Å². The lowest BCUT2D eigenvalue weighted by atomic mass is 10.0. The molecule has 2 N–H and O–H groups in total. The minimum absolute atomic E-state index is 0.134. The lowest BCUT2D eigenvalue weighted by molar-refractivity contribution is -0.125. The van der Waals surface area contributed by atoms with Gasteiger partial charge in [0.2, 0.25) is 5.91 Å². The van der Waals surface area contributed by atoms with E-state index in [-0.39, 0.29) is 18.4 Å². The van der Waals surface area contributed by atoms with Gasteiger partial charge in [-0.05, 0) is 48.8 Å². The second kappa shape index (κ2) is 5.68. The molecule has 20 heavy (non-hydrogen) atoms. The highest BCUT2D eigenvalue weighted by Crippen LogP contribution is 2.54. The minimum Gasteiger partial charge on any atom is -0.384 e. The second-order valence-electron chi connectivity index (χ2n) is 5.80. The molecule has 2 aliphatic rings. The van der Waals surface area contributed by atoms with Gasteiger partial charge in [0.25, 0.3) is 0 Å². The zero-order chi connectivity index (χ0) is 13.9. The van der Waals surface area contributed by atoms with Gasteiger partial charge in [-0.25, -0.2) is 0 Å². The van der Waals surface area contributed by atoms with Gasteiger partial charge in [0, 0.05) is 18.0 Å². The predicted octanol–water partition coefficient (Wildman–Crippen LogP) is 1.69. The van der Waals surface area contributed by atoms with Gasteiger partial charge in [0.15, 0.2) is 0 Å². The van der Waals surface area contributed by atoms with Gasteiger partial charge in [-0.1, -0.05) is 24.0 Å². The summed E-state index contributed by atoms with van der Waals surface area (Å²) < 4.78 is 0. The number of aliphatic hydroxyl groups is 1. The molecule has 3 nitrogen and oxygen atoms in total. The topological polar surface area (TPSA) is 49.3 Å². The van der Waals surface area contributed by atoms with Crippen molar-refractivity contribution in [1.29, 1.82) is 0 Å². The van der Waals surface area contributed by atoms with Crippen LogP contribution in [0.3, 0.4) is 0 Å². The van der Waals surface area contributed by atoms with E-state index < -0.39 is 0 Å². The standard InChI is InChI=1S/C17H19NO2/c19-6-2-5-12-3-1-4-13(7-12)11-18-17(20)16-9-14-8-15(14)10-16/h1,3-4,7,14-16,19H,6,8-11H2,(H,18,20). The summed E-state index contributed by atoms with van der Waals surface area (Å²) in [6.07, 6.45) is 3.51. The van der Waals surface area contributed by atoms with Crippen molar-refractivity contribution in [3.05, 3.63) is 35.4 Å². The molecule has 1 amide bonds. The van der Waals surface area contributed by atoms with Crippen LogP contribution in [-0.2, 0) is 11.3 Å². The molecule has 2 saturated carbocycles. The van der Waals surface area contributed by atoms with Crippen molar-refractivity contribution in [2.75, 3.05) is 6.61 Å². The van der Waals surface area contributed by atoms with Crippen LogP contribution < -0.4 is 5.32 Å². The smallest absolute Gasteiger partial charge is 0.223 e. The quantitative estimate of drug-likeness (QED) is 0.820. The Balaban J connectivity index is 1.53. The first kappa shape index (κ1) is 13.2. The van der Waals surface area contributed by atoms with Crippen molar-refractivity contribution in [3.63, 3.8) is 0 Å². The van der Waals surface area contributed by atoms with Crippen molar-refractivity contribution in [2.45, 2.75) is 25.8 Å². The number of aliphatic hydroxyl groups excluding tert-OH is 1. The first-order valence-corrected chi connectivity index (χ1v) is 7.22. The molecule has 0 bridgehead atoms. The summed E-state index contributed by atoms with van der Waals surface area (Å²) in [5.41, 5.74) is 1.92. The van der Waals surface area contributed by atoms with Crippen LogP contribution in [0.4, 0.5) is 0 Å². The molecule has 2 fully saturated rings. The van der Waals surface area contributed by atoms with Gasteiger partial charge >= 0.3 is 0 Å². The number of hydrogen-bond donors (Lipinski definition) is 2. The third-order valence-corrected chi connectivity index (χ3v) is 4.32. The van der Waals surface area contributed by atoms with Crippen LogP contribution in [0.2, 0.25) is 0 Å². The average Bonchev–Trinajstić information content (AvgIpc) is 3.09. The predicted molar refractivity (Wildman–Crippen MR) is 76.6 cm³/mol. The normalized spacial score (nSPS) is 26.4. The maximum Gasteiger partial charge on any atom is 0.223 e. The van der Waals surface area contributed by atoms with Crippen molar-refractivity contribution in [1.82, 2.24) is 5.32 Å². The summed E-state index contributed by atoms with van der Waals surface area (Å²) in [6.45, 7) is 0.421. The van der Waals surface area contributed by atoms with Crippen molar-refractivity contribution < 1.29 is 9.90 Å². The number of rotatable bonds is 3. The third kappa shape index (κ3) is 3.02. The molecule has 0 aromatic heterocycles. The number of carbonyl (C=O) groups excluding carboxylic acids is 1. The summed E-state index contributed by atoms with van der Waals surface area (Å²) in [5.74, 6) is 7.61. The Morgan fingerprint density at radius 1 is 1.30 bits per heavy atom. The minimum atomic E-state index is -0.134. The largest absolute Gasteiger partial charge is 0.384 e. The summed E-state index contributed by atoms with van der Waals surface area (Å²) in [4.78, 5) is 12.1. The molecule has 0 radical (unpaired) electrons. The molecule has 2 aliphatic carbocycles. The van der Waals surface area contributed by atoms with Crippen LogP contribution in [0.1, 0.15) is 30.4 Å². The molecular weight excluding hydrogens is 250 g/mol. The summed E-state index contributed by atoms with van der Waals surface area (Å²) in [5, 5.41) is 11.7. The molecule has 1 aromatic rings. The SMILES string of the molecule is O=C(NCc1cccc(C#CCO)c1)C1CC2CC2C1. The molecule has 104 valence electrons. The van der Waals surface area contributed by atoms with Crippen LogP contribution in [0.25, 0.3) is 0 Å². The Labute approximate surface area is 119 Å². The fourth-order valence-corrected chi connectivity index (χ4v) is 3.16. The maximum absolute atomic E-state index is 12.1. The van der Waals surface area contributed by atoms with E-state index in [1.807, 2.05) is 24.3 Å². The lowest BCUT2D eigenvalue weighted by Gasteiger charge is -2.12. The van der Waals surface area contributed by atoms with Crippen molar-refractivity contribution in [2.24, 2.45) is 17.8 Å². The lowest BCUT2D eigenvalue weighted by Crippen LogP contribution is -2.29. The van der Waals surface area contributed by atoms with Crippen LogP contribution >= 0.6 is 0 Å². The number of fused-ring (bicyclic) bond motifs is 1. The van der Waals surface area contributed by atoms with E-state index in [4.69, 9.17) is 5.11 Å².